The molecule has 2 aromatic heterocycles. The van der Waals surface area contributed by atoms with Gasteiger partial charge in [0.15, 0.2) is 17.5 Å². The van der Waals surface area contributed by atoms with E-state index in [2.05, 4.69) is 103 Å². The van der Waals surface area contributed by atoms with Gasteiger partial charge in [0.1, 0.15) is 0 Å². The summed E-state index contributed by atoms with van der Waals surface area (Å²) in [5, 5.41) is 2.54. The number of rotatable bonds is 5. The quantitative estimate of drug-likeness (QED) is 0.204. The number of fused-ring (bicyclic) bond motifs is 3. The minimum absolute atomic E-state index is 0.656. The third-order valence-electron chi connectivity index (χ3n) is 8.52. The molecule has 0 spiro atoms. The summed E-state index contributed by atoms with van der Waals surface area (Å²) in [7, 11) is 0. The molecule has 0 aliphatic carbocycles. The number of hydrogen-bond donors (Lipinski definition) is 0. The Balaban J connectivity index is 1.19. The zero-order valence-corrected chi connectivity index (χ0v) is 25.1. The first kappa shape index (κ1) is 26.7. The SMILES string of the molecule is Cc1cc(-n2c3ccccc3c3ccccc32)c(C)cc1-c1ccc(-c2nc(-c3ccccc3)nc(-c3ccccc3)n2)cc1. The second-order valence-electron chi connectivity index (χ2n) is 11.4. The molecule has 2 heterocycles. The van der Waals surface area contributed by atoms with Gasteiger partial charge in [-0.1, -0.05) is 121 Å². The molecular weight excluding hydrogens is 548 g/mol. The molecule has 214 valence electrons. The number of hydrogen-bond acceptors (Lipinski definition) is 3. The van der Waals surface area contributed by atoms with Crippen molar-refractivity contribution in [1.29, 1.82) is 0 Å². The lowest BCUT2D eigenvalue weighted by Crippen LogP contribution is -2.00. The Kier molecular flexibility index (Phi) is 6.54. The van der Waals surface area contributed by atoms with Gasteiger partial charge in [0.2, 0.25) is 0 Å². The number of aryl methyl sites for hydroxylation is 2. The fourth-order valence-electron chi connectivity index (χ4n) is 6.27. The van der Waals surface area contributed by atoms with Crippen molar-refractivity contribution in [3.05, 3.63) is 157 Å². The molecule has 0 aliphatic rings. The number of benzene rings is 6. The largest absolute Gasteiger partial charge is 0.309 e. The van der Waals surface area contributed by atoms with Crippen molar-refractivity contribution in [3.8, 4) is 51.0 Å². The van der Waals surface area contributed by atoms with Crippen LogP contribution in [0.3, 0.4) is 0 Å². The third kappa shape index (κ3) is 4.77. The van der Waals surface area contributed by atoms with Crippen molar-refractivity contribution in [2.45, 2.75) is 13.8 Å². The molecule has 0 fully saturated rings. The van der Waals surface area contributed by atoms with Crippen LogP contribution in [0, 0.1) is 13.8 Å². The number of nitrogens with zero attached hydrogens (tertiary/aromatic N) is 4. The van der Waals surface area contributed by atoms with Crippen LogP contribution in [0.4, 0.5) is 0 Å². The van der Waals surface area contributed by atoms with E-state index >= 15 is 0 Å². The van der Waals surface area contributed by atoms with Gasteiger partial charge in [0.05, 0.1) is 11.0 Å². The highest BCUT2D eigenvalue weighted by molar-refractivity contribution is 6.09. The molecule has 0 saturated heterocycles. The minimum atomic E-state index is 0.656. The molecule has 0 bridgehead atoms. The van der Waals surface area contributed by atoms with E-state index in [-0.39, 0.29) is 0 Å². The molecule has 4 heteroatoms. The molecule has 6 aromatic carbocycles. The Morgan fingerprint density at radius 2 is 0.822 bits per heavy atom. The van der Waals surface area contributed by atoms with Gasteiger partial charge in [0, 0.05) is 33.2 Å². The molecule has 0 atom stereocenters. The summed E-state index contributed by atoms with van der Waals surface area (Å²) in [6.07, 6.45) is 0. The average Bonchev–Trinajstić information content (AvgIpc) is 3.44. The molecule has 8 rings (SSSR count). The van der Waals surface area contributed by atoms with Crippen molar-refractivity contribution in [3.63, 3.8) is 0 Å². The van der Waals surface area contributed by atoms with Crippen LogP contribution in [0.25, 0.3) is 72.8 Å². The number of aromatic nitrogens is 4. The second kappa shape index (κ2) is 11.0. The molecule has 0 amide bonds. The van der Waals surface area contributed by atoms with E-state index in [1.165, 1.54) is 44.2 Å². The monoisotopic (exact) mass is 578 g/mol. The van der Waals surface area contributed by atoms with E-state index in [9.17, 15) is 0 Å². The third-order valence-corrected chi connectivity index (χ3v) is 8.52. The van der Waals surface area contributed by atoms with E-state index < -0.39 is 0 Å². The summed E-state index contributed by atoms with van der Waals surface area (Å²) in [5.74, 6) is 1.98. The lowest BCUT2D eigenvalue weighted by atomic mass is 9.96. The van der Waals surface area contributed by atoms with Crippen molar-refractivity contribution in [2.24, 2.45) is 0 Å². The van der Waals surface area contributed by atoms with E-state index in [4.69, 9.17) is 15.0 Å². The topological polar surface area (TPSA) is 43.6 Å². The van der Waals surface area contributed by atoms with E-state index in [1.807, 2.05) is 60.7 Å². The summed E-state index contributed by atoms with van der Waals surface area (Å²) in [4.78, 5) is 14.6. The highest BCUT2D eigenvalue weighted by Gasteiger charge is 2.16. The van der Waals surface area contributed by atoms with Gasteiger partial charge >= 0.3 is 0 Å². The molecule has 0 radical (unpaired) electrons. The Morgan fingerprint density at radius 3 is 1.33 bits per heavy atom. The van der Waals surface area contributed by atoms with Gasteiger partial charge in [-0.3, -0.25) is 0 Å². The highest BCUT2D eigenvalue weighted by Crippen LogP contribution is 2.36. The Bertz CT molecular complexity index is 2210. The smallest absolute Gasteiger partial charge is 0.164 e. The minimum Gasteiger partial charge on any atom is -0.309 e. The van der Waals surface area contributed by atoms with E-state index in [0.29, 0.717) is 17.5 Å². The lowest BCUT2D eigenvalue weighted by molar-refractivity contribution is 1.07. The van der Waals surface area contributed by atoms with Crippen LogP contribution in [0.5, 0.6) is 0 Å². The predicted octanol–water partition coefficient (Wildman–Crippen LogP) is 10.3. The van der Waals surface area contributed by atoms with Crippen molar-refractivity contribution in [1.82, 2.24) is 19.5 Å². The Labute approximate surface area is 262 Å². The first-order chi connectivity index (χ1) is 22.1. The second-order valence-corrected chi connectivity index (χ2v) is 11.4. The fraction of sp³-hybridized carbons (Fsp3) is 0.0488. The standard InChI is InChI=1S/C41H30N4/c1-27-26-38(45-36-19-11-9-17-33(36)34-18-10-12-20-37(34)45)28(2)25-35(27)29-21-23-32(24-22-29)41-43-39(30-13-5-3-6-14-30)42-40(44-41)31-15-7-4-8-16-31/h3-26H,1-2H3. The molecule has 0 unspecified atom stereocenters. The summed E-state index contributed by atoms with van der Waals surface area (Å²) in [6.45, 7) is 4.40. The van der Waals surface area contributed by atoms with Crippen LogP contribution in [0.2, 0.25) is 0 Å². The average molecular weight is 579 g/mol. The zero-order valence-electron chi connectivity index (χ0n) is 25.1. The van der Waals surface area contributed by atoms with Crippen molar-refractivity contribution in [2.75, 3.05) is 0 Å². The van der Waals surface area contributed by atoms with E-state index in [1.54, 1.807) is 0 Å². The summed E-state index contributed by atoms with van der Waals surface area (Å²) in [6, 6.07) is 50.7. The summed E-state index contributed by atoms with van der Waals surface area (Å²) in [5.41, 5.74) is 11.4. The van der Waals surface area contributed by atoms with Crippen LogP contribution in [-0.2, 0) is 0 Å². The normalized spacial score (nSPS) is 11.3. The van der Waals surface area contributed by atoms with Gasteiger partial charge in [-0.25, -0.2) is 15.0 Å². The number of para-hydroxylation sites is 2. The first-order valence-electron chi connectivity index (χ1n) is 15.2. The van der Waals surface area contributed by atoms with Crippen LogP contribution >= 0.6 is 0 Å². The molecule has 4 nitrogen and oxygen atoms in total. The van der Waals surface area contributed by atoms with Gasteiger partial charge < -0.3 is 4.57 Å². The Morgan fingerprint density at radius 1 is 0.400 bits per heavy atom. The molecule has 0 N–H and O–H groups in total. The Hall–Kier alpha value is -5.87. The van der Waals surface area contributed by atoms with Crippen LogP contribution in [-0.4, -0.2) is 19.5 Å². The van der Waals surface area contributed by atoms with Gasteiger partial charge in [-0.05, 0) is 60.4 Å². The lowest BCUT2D eigenvalue weighted by Gasteiger charge is -2.16. The fourth-order valence-corrected chi connectivity index (χ4v) is 6.27. The van der Waals surface area contributed by atoms with Gasteiger partial charge in [-0.2, -0.15) is 0 Å². The zero-order chi connectivity index (χ0) is 30.3. The van der Waals surface area contributed by atoms with Gasteiger partial charge in [-0.15, -0.1) is 0 Å². The molecule has 0 aliphatic heterocycles. The maximum Gasteiger partial charge on any atom is 0.164 e. The molecule has 0 saturated carbocycles. The highest BCUT2D eigenvalue weighted by atomic mass is 15.0. The molecule has 8 aromatic rings. The van der Waals surface area contributed by atoms with Crippen LogP contribution < -0.4 is 0 Å². The summed E-state index contributed by atoms with van der Waals surface area (Å²) < 4.78 is 2.40. The summed E-state index contributed by atoms with van der Waals surface area (Å²) >= 11 is 0. The van der Waals surface area contributed by atoms with Crippen molar-refractivity contribution >= 4 is 21.8 Å². The van der Waals surface area contributed by atoms with E-state index in [0.717, 1.165) is 22.3 Å². The first-order valence-corrected chi connectivity index (χ1v) is 15.2. The maximum atomic E-state index is 4.90. The molecular formula is C41H30N4. The van der Waals surface area contributed by atoms with Crippen LogP contribution in [0.15, 0.2) is 146 Å². The van der Waals surface area contributed by atoms with Gasteiger partial charge in [0.25, 0.3) is 0 Å². The molecule has 45 heavy (non-hydrogen) atoms. The van der Waals surface area contributed by atoms with Crippen molar-refractivity contribution < 1.29 is 0 Å². The maximum absolute atomic E-state index is 4.90. The van der Waals surface area contributed by atoms with Crippen LogP contribution in [0.1, 0.15) is 11.1 Å². The predicted molar refractivity (Wildman–Crippen MR) is 185 cm³/mol.